The first-order chi connectivity index (χ1) is 15.3. The van der Waals surface area contributed by atoms with Gasteiger partial charge in [-0.3, -0.25) is 0 Å². The monoisotopic (exact) mass is 492 g/mol. The van der Waals surface area contributed by atoms with Crippen molar-refractivity contribution >= 4 is 17.7 Å². The molecule has 0 spiro atoms. The number of halogens is 7. The zero-order valence-corrected chi connectivity index (χ0v) is 18.3. The largest absolute Gasteiger partial charge is 0.403 e. The maximum atomic E-state index is 14.2. The van der Waals surface area contributed by atoms with Gasteiger partial charge in [0.1, 0.15) is 17.2 Å². The van der Waals surface area contributed by atoms with Crippen LogP contribution < -0.4 is 4.74 Å². The fourth-order valence-electron chi connectivity index (χ4n) is 2.76. The van der Waals surface area contributed by atoms with Crippen LogP contribution in [0, 0.1) is 47.6 Å². The molecule has 3 aromatic rings. The minimum Gasteiger partial charge on any atom is -0.403 e. The Morgan fingerprint density at radius 2 is 1.36 bits per heavy atom. The minimum absolute atomic E-state index is 0.00401. The van der Waals surface area contributed by atoms with E-state index in [0.29, 0.717) is 0 Å². The molecule has 0 radical (unpaired) electrons. The van der Waals surface area contributed by atoms with Crippen LogP contribution in [0.1, 0.15) is 36.8 Å². The number of nitrogens with zero attached hydrogens (tertiary/aromatic N) is 2. The van der Waals surface area contributed by atoms with E-state index in [1.54, 1.807) is 20.8 Å². The van der Waals surface area contributed by atoms with E-state index < -0.39 is 68.6 Å². The van der Waals surface area contributed by atoms with Crippen molar-refractivity contribution in [3.63, 3.8) is 0 Å². The molecule has 0 saturated heterocycles. The highest BCUT2D eigenvalue weighted by atomic mass is 32.2. The predicted molar refractivity (Wildman–Crippen MR) is 104 cm³/mol. The molecular formula is C21H15F7N2O2S. The molecule has 0 atom stereocenters. The number of carbonyl (C=O) groups is 1. The molecule has 0 aliphatic heterocycles. The second-order valence-electron chi connectivity index (χ2n) is 7.79. The maximum Gasteiger partial charge on any atom is 0.350 e. The Hall–Kier alpha value is -3.02. The second kappa shape index (κ2) is 8.73. The number of benzene rings is 2. The lowest BCUT2D eigenvalue weighted by Gasteiger charge is -2.22. The average molecular weight is 492 g/mol. The first-order valence-corrected chi connectivity index (χ1v) is 10.0. The molecule has 0 unspecified atom stereocenters. The van der Waals surface area contributed by atoms with Crippen LogP contribution in [0.25, 0.3) is 0 Å². The van der Waals surface area contributed by atoms with Crippen LogP contribution in [-0.4, -0.2) is 15.7 Å². The van der Waals surface area contributed by atoms with Crippen LogP contribution in [0.4, 0.5) is 30.7 Å². The third-order valence-electron chi connectivity index (χ3n) is 4.33. The fraction of sp³-hybridized carbons (Fsp3) is 0.238. The van der Waals surface area contributed by atoms with Crippen LogP contribution in [-0.2, 0) is 5.54 Å². The molecule has 0 saturated carbocycles. The number of aromatic nitrogens is 2. The number of hydrogen-bond acceptors (Lipinski definition) is 4. The Bertz CT molecular complexity index is 1220. The van der Waals surface area contributed by atoms with E-state index in [1.807, 2.05) is 0 Å². The molecule has 33 heavy (non-hydrogen) atoms. The quantitative estimate of drug-likeness (QED) is 0.186. The molecule has 1 heterocycles. The number of aryl methyl sites for hydroxylation is 1. The van der Waals surface area contributed by atoms with E-state index in [-0.39, 0.29) is 22.4 Å². The highest BCUT2D eigenvalue weighted by molar-refractivity contribution is 7.99. The van der Waals surface area contributed by atoms with E-state index in [9.17, 15) is 35.5 Å². The van der Waals surface area contributed by atoms with E-state index in [4.69, 9.17) is 4.74 Å². The standard InChI is InChI=1S/C21H15F7N2O2S/c1-8-17(33-18-15(27)13(25)12(24)14(26)16(18)28)19(30(29-8)21(2,3)4)32-20(31)11-9(22)6-5-7-10(11)23/h5-7H,1-4H3. The Balaban J connectivity index is 2.17. The number of hydrogen-bond donors (Lipinski definition) is 0. The Labute approximate surface area is 187 Å². The highest BCUT2D eigenvalue weighted by Crippen LogP contribution is 2.43. The molecule has 0 amide bonds. The molecule has 176 valence electrons. The van der Waals surface area contributed by atoms with Gasteiger partial charge in [-0.2, -0.15) is 5.10 Å². The van der Waals surface area contributed by atoms with Crippen molar-refractivity contribution < 1.29 is 40.3 Å². The van der Waals surface area contributed by atoms with Gasteiger partial charge in [-0.15, -0.1) is 0 Å². The third-order valence-corrected chi connectivity index (χ3v) is 5.57. The lowest BCUT2D eigenvalue weighted by molar-refractivity contribution is 0.0693. The van der Waals surface area contributed by atoms with Crippen molar-refractivity contribution in [2.24, 2.45) is 0 Å². The molecule has 12 heteroatoms. The van der Waals surface area contributed by atoms with Crippen molar-refractivity contribution in [3.05, 3.63) is 70.2 Å². The number of ether oxygens (including phenoxy) is 1. The zero-order chi connectivity index (χ0) is 24.8. The SMILES string of the molecule is Cc1nn(C(C)(C)C)c(OC(=O)c2c(F)cccc2F)c1Sc1c(F)c(F)c(F)c(F)c1F. The molecule has 0 bridgehead atoms. The zero-order valence-electron chi connectivity index (χ0n) is 17.5. The van der Waals surface area contributed by atoms with E-state index >= 15 is 0 Å². The van der Waals surface area contributed by atoms with E-state index in [0.717, 1.165) is 22.9 Å². The smallest absolute Gasteiger partial charge is 0.350 e. The summed E-state index contributed by atoms with van der Waals surface area (Å²) in [6.07, 6.45) is 0. The topological polar surface area (TPSA) is 44.1 Å². The van der Waals surface area contributed by atoms with Gasteiger partial charge in [-0.1, -0.05) is 17.8 Å². The van der Waals surface area contributed by atoms with Gasteiger partial charge >= 0.3 is 5.97 Å². The van der Waals surface area contributed by atoms with Crippen LogP contribution in [0.2, 0.25) is 0 Å². The summed E-state index contributed by atoms with van der Waals surface area (Å²) in [5.74, 6) is -15.3. The van der Waals surface area contributed by atoms with Crippen molar-refractivity contribution in [1.82, 2.24) is 9.78 Å². The van der Waals surface area contributed by atoms with Crippen molar-refractivity contribution in [2.45, 2.75) is 43.0 Å². The maximum absolute atomic E-state index is 14.2. The molecule has 0 fully saturated rings. The van der Waals surface area contributed by atoms with Crippen molar-refractivity contribution in [3.8, 4) is 5.88 Å². The van der Waals surface area contributed by atoms with E-state index in [2.05, 4.69) is 5.10 Å². The van der Waals surface area contributed by atoms with Gasteiger partial charge in [0.25, 0.3) is 0 Å². The van der Waals surface area contributed by atoms with Gasteiger partial charge in [-0.05, 0) is 39.8 Å². The van der Waals surface area contributed by atoms with Crippen LogP contribution in [0.5, 0.6) is 5.88 Å². The average Bonchev–Trinajstić information content (AvgIpc) is 3.03. The van der Waals surface area contributed by atoms with Crippen LogP contribution in [0.15, 0.2) is 28.0 Å². The molecule has 0 aliphatic carbocycles. The summed E-state index contributed by atoms with van der Waals surface area (Å²) in [7, 11) is 0. The Kier molecular flexibility index (Phi) is 6.51. The third kappa shape index (κ3) is 4.43. The fourth-order valence-corrected chi connectivity index (χ4v) is 3.73. The van der Waals surface area contributed by atoms with Gasteiger partial charge in [0, 0.05) is 0 Å². The summed E-state index contributed by atoms with van der Waals surface area (Å²) >= 11 is 0.0689. The van der Waals surface area contributed by atoms with Gasteiger partial charge in [0.05, 0.1) is 21.0 Å². The second-order valence-corrected chi connectivity index (χ2v) is 8.81. The van der Waals surface area contributed by atoms with Crippen molar-refractivity contribution in [1.29, 1.82) is 0 Å². The van der Waals surface area contributed by atoms with Gasteiger partial charge in [0.15, 0.2) is 23.3 Å². The first-order valence-electron chi connectivity index (χ1n) is 9.21. The minimum atomic E-state index is -2.34. The first kappa shape index (κ1) is 24.6. The van der Waals surface area contributed by atoms with E-state index in [1.165, 1.54) is 6.92 Å². The molecule has 1 aromatic heterocycles. The summed E-state index contributed by atoms with van der Waals surface area (Å²) in [4.78, 5) is 11.0. The van der Waals surface area contributed by atoms with Crippen molar-refractivity contribution in [2.75, 3.05) is 0 Å². The summed E-state index contributed by atoms with van der Waals surface area (Å²) in [5, 5.41) is 4.12. The van der Waals surface area contributed by atoms with Crippen LogP contribution >= 0.6 is 11.8 Å². The summed E-state index contributed by atoms with van der Waals surface area (Å²) in [6, 6.07) is 2.66. The number of carbonyl (C=O) groups excluding carboxylic acids is 1. The van der Waals surface area contributed by atoms with Gasteiger partial charge < -0.3 is 4.74 Å². The molecule has 2 aromatic carbocycles. The number of esters is 1. The Morgan fingerprint density at radius 3 is 1.85 bits per heavy atom. The molecule has 0 N–H and O–H groups in total. The summed E-state index contributed by atoms with van der Waals surface area (Å²) < 4.78 is 104. The summed E-state index contributed by atoms with van der Waals surface area (Å²) in [5.41, 5.74) is -1.97. The highest BCUT2D eigenvalue weighted by Gasteiger charge is 2.32. The lowest BCUT2D eigenvalue weighted by atomic mass is 10.1. The lowest BCUT2D eigenvalue weighted by Crippen LogP contribution is -2.26. The number of rotatable bonds is 4. The van der Waals surface area contributed by atoms with Crippen LogP contribution in [0.3, 0.4) is 0 Å². The van der Waals surface area contributed by atoms with Gasteiger partial charge in [-0.25, -0.2) is 40.2 Å². The Morgan fingerprint density at radius 1 is 0.879 bits per heavy atom. The molecule has 0 aliphatic rings. The predicted octanol–water partition coefficient (Wildman–Crippen LogP) is 6.29. The molecular weight excluding hydrogens is 477 g/mol. The normalized spacial score (nSPS) is 11.7. The van der Waals surface area contributed by atoms with Gasteiger partial charge in [0.2, 0.25) is 11.7 Å². The molecule has 4 nitrogen and oxygen atoms in total. The summed E-state index contributed by atoms with van der Waals surface area (Å²) in [6.45, 7) is 6.14. The molecule has 3 rings (SSSR count).